The summed E-state index contributed by atoms with van der Waals surface area (Å²) in [4.78, 5) is 51.2. The van der Waals surface area contributed by atoms with Crippen molar-refractivity contribution in [1.29, 1.82) is 0 Å². The number of halogens is 4. The summed E-state index contributed by atoms with van der Waals surface area (Å²) in [5, 5.41) is 3.79. The highest BCUT2D eigenvalue weighted by Gasteiger charge is 2.46. The van der Waals surface area contributed by atoms with Crippen molar-refractivity contribution in [2.24, 2.45) is 0 Å². The highest BCUT2D eigenvalue weighted by molar-refractivity contribution is 7.89. The number of rotatable bonds is 6. The second-order valence-electron chi connectivity index (χ2n) is 10.2. The molecular formula is C24H24ClF3N6O8S3. The van der Waals surface area contributed by atoms with Crippen molar-refractivity contribution >= 4 is 71.7 Å². The first kappa shape index (κ1) is 33.1. The third kappa shape index (κ3) is 6.94. The van der Waals surface area contributed by atoms with Crippen LogP contribution in [0, 0.1) is 0 Å². The highest BCUT2D eigenvalue weighted by Crippen LogP contribution is 2.29. The van der Waals surface area contributed by atoms with Gasteiger partial charge in [0.25, 0.3) is 31.9 Å². The van der Waals surface area contributed by atoms with E-state index in [4.69, 9.17) is 11.6 Å². The molecule has 45 heavy (non-hydrogen) atoms. The van der Waals surface area contributed by atoms with Crippen molar-refractivity contribution in [3.05, 3.63) is 44.9 Å². The molecule has 0 saturated carbocycles. The number of hydroxylamine groups is 1. The van der Waals surface area contributed by atoms with Crippen LogP contribution in [0.1, 0.15) is 26.8 Å². The van der Waals surface area contributed by atoms with Gasteiger partial charge in [-0.25, -0.2) is 26.6 Å². The van der Waals surface area contributed by atoms with E-state index in [-0.39, 0.29) is 23.1 Å². The number of hydrogen-bond acceptors (Lipinski definition) is 11. The highest BCUT2D eigenvalue weighted by atomic mass is 35.5. The molecule has 3 aromatic rings. The number of sulfonamides is 2. The summed E-state index contributed by atoms with van der Waals surface area (Å²) >= 11 is 7.10. The molecular weight excluding hydrogens is 689 g/mol. The largest absolute Gasteiger partial charge is 0.493 e. The summed E-state index contributed by atoms with van der Waals surface area (Å²) in [7, 11) is -9.20. The Morgan fingerprint density at radius 1 is 1.18 bits per heavy atom. The summed E-state index contributed by atoms with van der Waals surface area (Å²) in [6, 6.07) is 4.59. The Kier molecular flexibility index (Phi) is 8.92. The van der Waals surface area contributed by atoms with Gasteiger partial charge < -0.3 is 20.0 Å². The fraction of sp³-hybridized carbons (Fsp3) is 0.417. The van der Waals surface area contributed by atoms with Crippen molar-refractivity contribution in [3.8, 4) is 0 Å². The van der Waals surface area contributed by atoms with Crippen molar-refractivity contribution < 1.29 is 49.2 Å². The van der Waals surface area contributed by atoms with E-state index in [1.807, 2.05) is 0 Å². The van der Waals surface area contributed by atoms with Gasteiger partial charge in [0.15, 0.2) is 5.01 Å². The van der Waals surface area contributed by atoms with E-state index in [1.54, 1.807) is 12.1 Å². The van der Waals surface area contributed by atoms with Gasteiger partial charge in [-0.05, 0) is 24.3 Å². The van der Waals surface area contributed by atoms with Crippen molar-refractivity contribution in [2.75, 3.05) is 32.4 Å². The number of fused-ring (bicyclic) bond motifs is 2. The smallest absolute Gasteiger partial charge is 0.345 e. The minimum Gasteiger partial charge on any atom is -0.345 e. The number of nitrogens with one attached hydrogen (secondary N) is 2. The van der Waals surface area contributed by atoms with E-state index < -0.39 is 67.5 Å². The maximum atomic E-state index is 13.7. The van der Waals surface area contributed by atoms with Gasteiger partial charge in [0.05, 0.1) is 24.4 Å². The Morgan fingerprint density at radius 3 is 2.58 bits per heavy atom. The molecule has 2 aromatic heterocycles. The van der Waals surface area contributed by atoms with Gasteiger partial charge in [-0.3, -0.25) is 9.59 Å². The van der Waals surface area contributed by atoms with Crippen LogP contribution < -0.4 is 5.32 Å². The standard InChI is InChI=1S/C24H24ClF3N6O8S3/c1-44(38,39)34(42-23(37)24(26,27)28)20(35)10-15-12-32(45(40,41)19-9-13-8-14(25)2-3-16(13)30-19)6-7-33(15)22(36)21-31-17-4-5-29-11-18(17)43-21/h2-3,8-9,15,29-30H,4-7,10-12H2,1H3. The second-order valence-corrected chi connectivity index (χ2v) is 15.4. The van der Waals surface area contributed by atoms with Crippen LogP contribution in [0.25, 0.3) is 10.9 Å². The van der Waals surface area contributed by atoms with Crippen LogP contribution in [0.5, 0.6) is 0 Å². The van der Waals surface area contributed by atoms with Gasteiger partial charge in [0, 0.05) is 59.9 Å². The van der Waals surface area contributed by atoms with Crippen molar-refractivity contribution in [2.45, 2.75) is 36.6 Å². The zero-order valence-electron chi connectivity index (χ0n) is 23.1. The average Bonchev–Trinajstić information content (AvgIpc) is 3.58. The van der Waals surface area contributed by atoms with Crippen LogP contribution in [0.3, 0.4) is 0 Å². The van der Waals surface area contributed by atoms with Gasteiger partial charge in [-0.2, -0.15) is 17.5 Å². The zero-order chi connectivity index (χ0) is 32.9. The maximum absolute atomic E-state index is 13.7. The van der Waals surface area contributed by atoms with Gasteiger partial charge in [0.2, 0.25) is 0 Å². The number of nitrogens with zero attached hydrogens (tertiary/aromatic N) is 4. The number of benzene rings is 1. The normalized spacial score (nSPS) is 18.1. The minimum atomic E-state index is -5.64. The van der Waals surface area contributed by atoms with E-state index in [0.29, 0.717) is 47.4 Å². The maximum Gasteiger partial charge on any atom is 0.493 e. The molecule has 1 atom stereocenters. The number of alkyl halides is 3. The van der Waals surface area contributed by atoms with Crippen LogP contribution in [0.2, 0.25) is 5.02 Å². The Morgan fingerprint density at radius 2 is 1.91 bits per heavy atom. The lowest BCUT2D eigenvalue weighted by molar-refractivity contribution is -0.222. The summed E-state index contributed by atoms with van der Waals surface area (Å²) < 4.78 is 90.5. The van der Waals surface area contributed by atoms with E-state index in [9.17, 15) is 44.4 Å². The number of H-pyrrole nitrogens is 1. The van der Waals surface area contributed by atoms with E-state index in [2.05, 4.69) is 20.1 Å². The first-order valence-corrected chi connectivity index (χ1v) is 17.5. The first-order chi connectivity index (χ1) is 20.9. The monoisotopic (exact) mass is 712 g/mol. The Bertz CT molecular complexity index is 1870. The quantitative estimate of drug-likeness (QED) is 0.357. The molecule has 1 unspecified atom stereocenters. The molecule has 21 heteroatoms. The number of carbonyl (C=O) groups is 3. The van der Waals surface area contributed by atoms with Crippen LogP contribution in [0.4, 0.5) is 13.2 Å². The Balaban J connectivity index is 1.46. The predicted molar refractivity (Wildman–Crippen MR) is 153 cm³/mol. The van der Waals surface area contributed by atoms with E-state index in [1.165, 1.54) is 12.1 Å². The summed E-state index contributed by atoms with van der Waals surface area (Å²) in [6.45, 7) is 0.00728. The molecule has 244 valence electrons. The molecule has 14 nitrogen and oxygen atoms in total. The van der Waals surface area contributed by atoms with Gasteiger partial charge in [-0.15, -0.1) is 11.3 Å². The third-order valence-electron chi connectivity index (χ3n) is 6.98. The number of aromatic nitrogens is 2. The molecule has 2 aliphatic rings. The molecule has 1 saturated heterocycles. The number of piperazine rings is 1. The van der Waals surface area contributed by atoms with Crippen molar-refractivity contribution in [3.63, 3.8) is 0 Å². The summed E-state index contributed by atoms with van der Waals surface area (Å²) in [5.74, 6) is -5.30. The van der Waals surface area contributed by atoms with E-state index >= 15 is 0 Å². The van der Waals surface area contributed by atoms with Crippen LogP contribution in [-0.2, 0) is 47.4 Å². The molecule has 2 N–H and O–H groups in total. The Hall–Kier alpha value is -3.30. The molecule has 0 spiro atoms. The molecule has 4 heterocycles. The van der Waals surface area contributed by atoms with Gasteiger partial charge in [0.1, 0.15) is 5.03 Å². The summed E-state index contributed by atoms with van der Waals surface area (Å²) in [5.41, 5.74) is 1.15. The number of hydrogen-bond donors (Lipinski definition) is 2. The minimum absolute atomic E-state index is 0.0356. The predicted octanol–water partition coefficient (Wildman–Crippen LogP) is 1.64. The van der Waals surface area contributed by atoms with Crippen LogP contribution in [0.15, 0.2) is 29.3 Å². The molecule has 2 amide bonds. The molecule has 0 bridgehead atoms. The number of amides is 2. The molecule has 2 aliphatic heterocycles. The fourth-order valence-corrected chi connectivity index (χ4v) is 8.23. The van der Waals surface area contributed by atoms with Gasteiger partial charge in [-0.1, -0.05) is 16.1 Å². The van der Waals surface area contributed by atoms with E-state index in [0.717, 1.165) is 25.4 Å². The number of carbonyl (C=O) groups excluding carboxylic acids is 3. The second kappa shape index (κ2) is 12.1. The molecule has 1 aromatic carbocycles. The number of thiazole rings is 1. The molecule has 1 fully saturated rings. The molecule has 0 radical (unpaired) electrons. The Labute approximate surface area is 263 Å². The zero-order valence-corrected chi connectivity index (χ0v) is 26.3. The lowest BCUT2D eigenvalue weighted by Crippen LogP contribution is -2.58. The first-order valence-electron chi connectivity index (χ1n) is 13.1. The lowest BCUT2D eigenvalue weighted by Gasteiger charge is -2.40. The van der Waals surface area contributed by atoms with Crippen LogP contribution in [-0.4, -0.2) is 103 Å². The fourth-order valence-electron chi connectivity index (χ4n) is 4.89. The van der Waals surface area contributed by atoms with Gasteiger partial charge >= 0.3 is 12.1 Å². The average molecular weight is 713 g/mol. The van der Waals surface area contributed by atoms with Crippen molar-refractivity contribution in [1.82, 2.24) is 29.0 Å². The molecule has 0 aliphatic carbocycles. The molecule has 5 rings (SSSR count). The summed E-state index contributed by atoms with van der Waals surface area (Å²) in [6.07, 6.45) is -5.77. The number of aromatic amines is 1. The third-order valence-corrected chi connectivity index (χ3v) is 11.0. The van der Waals surface area contributed by atoms with Crippen LogP contribution >= 0.6 is 22.9 Å². The topological polar surface area (TPSA) is 179 Å². The SMILES string of the molecule is CS(=O)(=O)N(OC(=O)C(F)(F)F)C(=O)CC1CN(S(=O)(=O)c2cc3cc(Cl)ccc3[nH]2)CCN1C(=O)c1nc2c(s1)CNCC2. The lowest BCUT2D eigenvalue weighted by atomic mass is 10.1.